The average molecular weight is 397 g/mol. The second-order valence-corrected chi connectivity index (χ2v) is 13.8. The Hall–Kier alpha value is -1.81. The van der Waals surface area contributed by atoms with Crippen LogP contribution in [0.3, 0.4) is 0 Å². The second-order valence-electron chi connectivity index (χ2n) is 8.85. The van der Waals surface area contributed by atoms with Gasteiger partial charge in [0.1, 0.15) is 20.2 Å². The van der Waals surface area contributed by atoms with Crippen molar-refractivity contribution in [1.82, 2.24) is 10.6 Å². The van der Waals surface area contributed by atoms with Gasteiger partial charge in [-0.3, -0.25) is 9.59 Å². The number of esters is 1. The van der Waals surface area contributed by atoms with Gasteiger partial charge >= 0.3 is 5.97 Å². The Morgan fingerprint density at radius 3 is 2.04 bits per heavy atom. The third-order valence-electron chi connectivity index (χ3n) is 4.79. The van der Waals surface area contributed by atoms with Crippen molar-refractivity contribution in [3.8, 4) is 11.5 Å². The van der Waals surface area contributed by atoms with Gasteiger partial charge in [0.2, 0.25) is 11.8 Å². The van der Waals surface area contributed by atoms with Crippen molar-refractivity contribution in [2.24, 2.45) is 5.92 Å². The summed E-state index contributed by atoms with van der Waals surface area (Å²) >= 11 is 0. The molecular formula is C20H36N2O4Si. The van der Waals surface area contributed by atoms with Crippen LogP contribution in [-0.2, 0) is 19.1 Å². The van der Waals surface area contributed by atoms with Gasteiger partial charge in [-0.15, -0.1) is 11.5 Å². The van der Waals surface area contributed by atoms with Crippen LogP contribution in [0.5, 0.6) is 0 Å². The normalized spacial score (nSPS) is 13.9. The maximum absolute atomic E-state index is 12.6. The van der Waals surface area contributed by atoms with E-state index < -0.39 is 32.0 Å². The van der Waals surface area contributed by atoms with Crippen molar-refractivity contribution in [3.63, 3.8) is 0 Å². The zero-order chi connectivity index (χ0) is 21.4. The highest BCUT2D eigenvalue weighted by Crippen LogP contribution is 2.35. The Bertz CT molecular complexity index is 597. The smallest absolute Gasteiger partial charge is 0.329 e. The molecule has 2 N–H and O–H groups in total. The van der Waals surface area contributed by atoms with Gasteiger partial charge in [-0.1, -0.05) is 47.7 Å². The Morgan fingerprint density at radius 2 is 1.63 bits per heavy atom. The van der Waals surface area contributed by atoms with E-state index in [9.17, 15) is 14.4 Å². The monoisotopic (exact) mass is 396 g/mol. The molecule has 0 radical (unpaired) electrons. The molecule has 0 fully saturated rings. The summed E-state index contributed by atoms with van der Waals surface area (Å²) in [5.41, 5.74) is 3.34. The molecule has 6 nitrogen and oxygen atoms in total. The van der Waals surface area contributed by atoms with Crippen molar-refractivity contribution in [1.29, 1.82) is 0 Å². The highest BCUT2D eigenvalue weighted by Gasteiger charge is 2.34. The molecule has 0 aromatic heterocycles. The standard InChI is InChI=1S/C20H36N2O4Si/c1-14(2)13-17(21-15(3)23)18(24)22-16(19(25)26-7)11-10-12-27(8,9)20(4,5)6/h14,16-17H,11,13H2,1-9H3,(H,21,23)(H,22,24)/t16-,17-/m0/s1. The van der Waals surface area contributed by atoms with Gasteiger partial charge in [-0.2, -0.15) is 0 Å². The lowest BCUT2D eigenvalue weighted by Gasteiger charge is -2.31. The summed E-state index contributed by atoms with van der Waals surface area (Å²) in [5.74, 6) is 2.06. The molecule has 154 valence electrons. The summed E-state index contributed by atoms with van der Waals surface area (Å²) in [7, 11) is -0.525. The summed E-state index contributed by atoms with van der Waals surface area (Å²) in [6.07, 6.45) is 0.661. The molecule has 0 unspecified atom stereocenters. The van der Waals surface area contributed by atoms with Gasteiger partial charge in [0.05, 0.1) is 7.11 Å². The summed E-state index contributed by atoms with van der Waals surface area (Å²) in [6, 6.07) is -1.55. The van der Waals surface area contributed by atoms with Gasteiger partial charge in [0, 0.05) is 13.3 Å². The average Bonchev–Trinajstić information content (AvgIpc) is 2.50. The van der Waals surface area contributed by atoms with Crippen LogP contribution in [0.4, 0.5) is 0 Å². The number of rotatable bonds is 7. The maximum atomic E-state index is 12.6. The van der Waals surface area contributed by atoms with Crippen LogP contribution in [0.2, 0.25) is 18.1 Å². The molecule has 0 heterocycles. The number of carbonyl (C=O) groups excluding carboxylic acids is 3. The summed E-state index contributed by atoms with van der Waals surface area (Å²) in [4.78, 5) is 36.1. The number of hydrogen-bond donors (Lipinski definition) is 2. The molecular weight excluding hydrogens is 360 g/mol. The van der Waals surface area contributed by atoms with Crippen LogP contribution < -0.4 is 10.6 Å². The number of ether oxygens (including phenoxy) is 1. The highest BCUT2D eigenvalue weighted by atomic mass is 28.3. The minimum absolute atomic E-state index is 0.109. The van der Waals surface area contributed by atoms with Crippen molar-refractivity contribution in [2.75, 3.05) is 7.11 Å². The van der Waals surface area contributed by atoms with Gasteiger partial charge in [0.25, 0.3) is 0 Å². The van der Waals surface area contributed by atoms with Crippen molar-refractivity contribution < 1.29 is 19.1 Å². The predicted molar refractivity (Wildman–Crippen MR) is 111 cm³/mol. The molecule has 0 aromatic rings. The maximum Gasteiger partial charge on any atom is 0.329 e. The van der Waals surface area contributed by atoms with E-state index in [-0.39, 0.29) is 23.3 Å². The first-order valence-corrected chi connectivity index (χ1v) is 12.4. The predicted octanol–water partition coefficient (Wildman–Crippen LogP) is 2.64. The first-order chi connectivity index (χ1) is 12.2. The van der Waals surface area contributed by atoms with Gasteiger partial charge in [-0.05, 0) is 17.4 Å². The zero-order valence-corrected chi connectivity index (χ0v) is 19.3. The molecule has 0 aliphatic heterocycles. The van der Waals surface area contributed by atoms with Crippen molar-refractivity contribution in [3.05, 3.63) is 0 Å². The quantitative estimate of drug-likeness (QED) is 0.394. The van der Waals surface area contributed by atoms with E-state index in [1.165, 1.54) is 14.0 Å². The lowest BCUT2D eigenvalue weighted by molar-refractivity contribution is -0.145. The van der Waals surface area contributed by atoms with E-state index in [1.54, 1.807) is 0 Å². The lowest BCUT2D eigenvalue weighted by Crippen LogP contribution is -2.51. The van der Waals surface area contributed by atoms with Gasteiger partial charge in [0.15, 0.2) is 0 Å². The summed E-state index contributed by atoms with van der Waals surface area (Å²) in [5, 5.41) is 5.44. The van der Waals surface area contributed by atoms with Crippen LogP contribution >= 0.6 is 0 Å². The van der Waals surface area contributed by atoms with E-state index in [0.717, 1.165) is 0 Å². The van der Waals surface area contributed by atoms with E-state index in [4.69, 9.17) is 4.74 Å². The van der Waals surface area contributed by atoms with E-state index >= 15 is 0 Å². The number of carbonyl (C=O) groups is 3. The van der Waals surface area contributed by atoms with Gasteiger partial charge < -0.3 is 15.4 Å². The zero-order valence-electron chi connectivity index (χ0n) is 18.3. The van der Waals surface area contributed by atoms with Crippen LogP contribution in [0, 0.1) is 17.4 Å². The summed E-state index contributed by atoms with van der Waals surface area (Å²) < 4.78 is 4.81. The number of amides is 2. The minimum Gasteiger partial charge on any atom is -0.467 e. The largest absolute Gasteiger partial charge is 0.467 e. The molecule has 0 aliphatic rings. The molecule has 0 saturated carbocycles. The van der Waals surface area contributed by atoms with E-state index in [0.29, 0.717) is 6.42 Å². The number of methoxy groups -OCH3 is 1. The van der Waals surface area contributed by atoms with Gasteiger partial charge in [-0.25, -0.2) is 4.79 Å². The van der Waals surface area contributed by atoms with Crippen LogP contribution in [0.25, 0.3) is 0 Å². The second kappa shape index (κ2) is 10.5. The Kier molecular flexibility index (Phi) is 9.80. The van der Waals surface area contributed by atoms with Crippen molar-refractivity contribution in [2.45, 2.75) is 84.6 Å². The fraction of sp³-hybridized carbons (Fsp3) is 0.750. The minimum atomic E-state index is -1.80. The molecule has 0 aromatic carbocycles. The Labute approximate surface area is 165 Å². The molecule has 2 amide bonds. The lowest BCUT2D eigenvalue weighted by atomic mass is 10.0. The molecule has 0 rings (SSSR count). The highest BCUT2D eigenvalue weighted by molar-refractivity contribution is 6.87. The number of hydrogen-bond acceptors (Lipinski definition) is 4. The third kappa shape index (κ3) is 9.09. The molecule has 0 bridgehead atoms. The van der Waals surface area contributed by atoms with Crippen LogP contribution in [-0.4, -0.2) is 45.1 Å². The molecule has 0 saturated heterocycles. The molecule has 27 heavy (non-hydrogen) atoms. The molecule has 0 aliphatic carbocycles. The number of nitrogens with one attached hydrogen (secondary N) is 2. The van der Waals surface area contributed by atoms with Crippen molar-refractivity contribution >= 4 is 25.9 Å². The summed E-state index contributed by atoms with van der Waals surface area (Å²) in [6.45, 7) is 16.1. The SMILES string of the molecule is COC(=O)[C@H](CC#C[Si](C)(C)C(C)(C)C)NC(=O)[C@H](CC(C)C)NC(C)=O. The Morgan fingerprint density at radius 1 is 1.07 bits per heavy atom. The first kappa shape index (κ1) is 25.2. The Balaban J connectivity index is 5.30. The van der Waals surface area contributed by atoms with Crippen LogP contribution in [0.15, 0.2) is 0 Å². The first-order valence-electron chi connectivity index (χ1n) is 9.36. The topological polar surface area (TPSA) is 84.5 Å². The van der Waals surface area contributed by atoms with Crippen LogP contribution in [0.1, 0.15) is 54.4 Å². The van der Waals surface area contributed by atoms with E-state index in [2.05, 4.69) is 56.0 Å². The van der Waals surface area contributed by atoms with E-state index in [1.807, 2.05) is 13.8 Å². The molecule has 7 heteroatoms. The molecule has 2 atom stereocenters. The fourth-order valence-electron chi connectivity index (χ4n) is 2.12. The fourth-order valence-corrected chi connectivity index (χ4v) is 3.04. The molecule has 0 spiro atoms. The third-order valence-corrected chi connectivity index (χ3v) is 9.34.